The van der Waals surface area contributed by atoms with Crippen LogP contribution in [0.5, 0.6) is 0 Å². The quantitative estimate of drug-likeness (QED) is 0.196. The lowest BCUT2D eigenvalue weighted by Gasteiger charge is -2.17. The zero-order valence-electron chi connectivity index (χ0n) is 24.6. The van der Waals surface area contributed by atoms with Crippen LogP contribution in [0, 0.1) is 11.7 Å². The maximum atomic E-state index is 13.2. The fourth-order valence-corrected chi connectivity index (χ4v) is 5.48. The fourth-order valence-electron chi connectivity index (χ4n) is 4.20. The van der Waals surface area contributed by atoms with Crippen molar-refractivity contribution in [3.63, 3.8) is 0 Å². The van der Waals surface area contributed by atoms with Gasteiger partial charge in [-0.1, -0.05) is 6.92 Å². The molecule has 0 spiro atoms. The first-order chi connectivity index (χ1) is 21.9. The van der Waals surface area contributed by atoms with E-state index in [4.69, 9.17) is 0 Å². The van der Waals surface area contributed by atoms with Gasteiger partial charge in [-0.3, -0.25) is 4.79 Å². The predicted molar refractivity (Wildman–Crippen MR) is 153 cm³/mol. The van der Waals surface area contributed by atoms with Crippen molar-refractivity contribution in [1.82, 2.24) is 35.0 Å². The third-order valence-electron chi connectivity index (χ3n) is 6.71. The Morgan fingerprint density at radius 3 is 1.70 bits per heavy atom. The minimum Gasteiger partial charge on any atom is -0.352 e. The molecule has 1 aromatic carbocycles. The topological polar surface area (TPSA) is 140 Å². The molecule has 0 unspecified atom stereocenters. The molecule has 3 heterocycles. The van der Waals surface area contributed by atoms with Crippen LogP contribution >= 0.6 is 0 Å². The summed E-state index contributed by atoms with van der Waals surface area (Å²) in [5.41, 5.74) is 0.633. The molecule has 4 aromatic rings. The highest BCUT2D eigenvalue weighted by molar-refractivity contribution is 7.89. The number of pyridine rings is 1. The van der Waals surface area contributed by atoms with Crippen molar-refractivity contribution in [3.8, 4) is 22.5 Å². The number of benzene rings is 1. The second-order valence-corrected chi connectivity index (χ2v) is 12.2. The molecule has 4 rings (SSSR count). The number of carbonyl (C=O) groups is 1. The largest absolute Gasteiger partial charge is 0.451 e. The van der Waals surface area contributed by atoms with Gasteiger partial charge in [0, 0.05) is 54.4 Å². The highest BCUT2D eigenvalue weighted by atomic mass is 32.2. The monoisotopic (exact) mass is 685 g/mol. The van der Waals surface area contributed by atoms with Crippen LogP contribution in [0.25, 0.3) is 22.5 Å². The van der Waals surface area contributed by atoms with E-state index in [9.17, 15) is 43.9 Å². The number of halogens is 7. The lowest BCUT2D eigenvalue weighted by Crippen LogP contribution is -2.34. The minimum atomic E-state index is -4.79. The summed E-state index contributed by atoms with van der Waals surface area (Å²) in [5, 5.41) is 2.72. The smallest absolute Gasteiger partial charge is 0.352 e. The number of carbonyl (C=O) groups excluding carboxylic acids is 1. The molecule has 3 aromatic heterocycles. The highest BCUT2D eigenvalue weighted by Crippen LogP contribution is 2.30. The zero-order chi connectivity index (χ0) is 34.6. The summed E-state index contributed by atoms with van der Waals surface area (Å²) in [6.45, 7) is 3.13. The SMILES string of the molecule is C[C@@H](CC[C@H](C)C(=O)NCc1cc(-c2cnc(C(F)(F)F)nc2)nc(-c2cnc(C(F)(F)F)nc2)c1)NS(=O)(=O)c1ccc(F)cc1. The van der Waals surface area contributed by atoms with Gasteiger partial charge in [0.2, 0.25) is 27.6 Å². The molecule has 0 bridgehead atoms. The van der Waals surface area contributed by atoms with Gasteiger partial charge in [-0.05, 0) is 61.7 Å². The van der Waals surface area contributed by atoms with Crippen LogP contribution in [0.4, 0.5) is 30.7 Å². The van der Waals surface area contributed by atoms with Crippen LogP contribution < -0.4 is 10.0 Å². The molecule has 0 aliphatic heterocycles. The number of hydrogen-bond acceptors (Lipinski definition) is 8. The summed E-state index contributed by atoms with van der Waals surface area (Å²) in [4.78, 5) is 30.4. The number of rotatable bonds is 11. The maximum absolute atomic E-state index is 13.2. The van der Waals surface area contributed by atoms with Gasteiger partial charge in [-0.25, -0.2) is 42.5 Å². The first kappa shape index (κ1) is 35.3. The fraction of sp³-hybridized carbons (Fsp3) is 0.310. The Morgan fingerprint density at radius 2 is 1.26 bits per heavy atom. The number of aromatic nitrogens is 5. The molecule has 2 atom stereocenters. The summed E-state index contributed by atoms with van der Waals surface area (Å²) in [7, 11) is -3.92. The number of sulfonamides is 1. The van der Waals surface area contributed by atoms with Crippen molar-refractivity contribution in [1.29, 1.82) is 0 Å². The highest BCUT2D eigenvalue weighted by Gasteiger charge is 2.35. The molecule has 0 saturated carbocycles. The number of nitrogens with zero attached hydrogens (tertiary/aromatic N) is 5. The van der Waals surface area contributed by atoms with Crippen LogP contribution in [0.1, 0.15) is 43.9 Å². The minimum absolute atomic E-state index is 0.0608. The standard InChI is InChI=1S/C29H26F7N7O3S/c1-16(3-4-17(2)43-47(45,46)22-7-5-21(30)6-8-22)25(44)37-11-18-9-23(19-12-38-26(39-13-19)28(31,32)33)42-24(10-18)20-14-40-27(41-15-20)29(34,35)36/h5-10,12-17,43H,3-4,11H2,1-2H3,(H,37,44)/t16-,17-/m0/s1. The van der Waals surface area contributed by atoms with Crippen LogP contribution in [0.15, 0.2) is 66.1 Å². The summed E-state index contributed by atoms with van der Waals surface area (Å²) in [5.74, 6) is -4.34. The van der Waals surface area contributed by atoms with E-state index in [2.05, 4.69) is 35.0 Å². The van der Waals surface area contributed by atoms with Crippen molar-refractivity contribution in [2.75, 3.05) is 0 Å². The first-order valence-electron chi connectivity index (χ1n) is 13.8. The predicted octanol–water partition coefficient (Wildman–Crippen LogP) is 5.57. The molecule has 18 heteroatoms. The first-order valence-corrected chi connectivity index (χ1v) is 15.3. The average molecular weight is 686 g/mol. The van der Waals surface area contributed by atoms with Crippen molar-refractivity contribution in [3.05, 3.63) is 84.2 Å². The van der Waals surface area contributed by atoms with Gasteiger partial charge in [0.1, 0.15) is 5.82 Å². The molecular formula is C29H26F7N7O3S. The average Bonchev–Trinajstić information content (AvgIpc) is 3.01. The zero-order valence-corrected chi connectivity index (χ0v) is 25.4. The Balaban J connectivity index is 1.47. The molecule has 2 N–H and O–H groups in total. The van der Waals surface area contributed by atoms with Crippen LogP contribution in [-0.2, 0) is 33.7 Å². The van der Waals surface area contributed by atoms with E-state index in [0.29, 0.717) is 5.56 Å². The van der Waals surface area contributed by atoms with Crippen molar-refractivity contribution >= 4 is 15.9 Å². The molecule has 10 nitrogen and oxygen atoms in total. The van der Waals surface area contributed by atoms with Gasteiger partial charge in [-0.15, -0.1) is 0 Å². The summed E-state index contributed by atoms with van der Waals surface area (Å²) < 4.78 is 119. The number of alkyl halides is 6. The van der Waals surface area contributed by atoms with Crippen LogP contribution in [0.2, 0.25) is 0 Å². The molecule has 250 valence electrons. The molecule has 0 saturated heterocycles. The van der Waals surface area contributed by atoms with E-state index < -0.39 is 57.7 Å². The molecule has 1 amide bonds. The second-order valence-electron chi connectivity index (χ2n) is 10.5. The van der Waals surface area contributed by atoms with Gasteiger partial charge in [0.25, 0.3) is 0 Å². The molecular weight excluding hydrogens is 659 g/mol. The molecule has 0 aliphatic carbocycles. The Labute approximate surface area is 264 Å². The summed E-state index contributed by atoms with van der Waals surface area (Å²) in [6.07, 6.45) is -5.47. The third-order valence-corrected chi connectivity index (χ3v) is 8.32. The van der Waals surface area contributed by atoms with E-state index in [0.717, 1.165) is 49.1 Å². The van der Waals surface area contributed by atoms with E-state index >= 15 is 0 Å². The lowest BCUT2D eigenvalue weighted by atomic mass is 10.0. The summed E-state index contributed by atoms with van der Waals surface area (Å²) in [6, 6.07) is 6.62. The van der Waals surface area contributed by atoms with Gasteiger partial charge >= 0.3 is 12.4 Å². The van der Waals surface area contributed by atoms with Gasteiger partial charge < -0.3 is 5.32 Å². The number of nitrogens with one attached hydrogen (secondary N) is 2. The Morgan fingerprint density at radius 1 is 0.787 bits per heavy atom. The number of hydrogen-bond donors (Lipinski definition) is 2. The Hall–Kier alpha value is -4.58. The van der Waals surface area contributed by atoms with Crippen molar-refractivity contribution in [2.24, 2.45) is 5.92 Å². The Bertz CT molecular complexity index is 1730. The lowest BCUT2D eigenvalue weighted by molar-refractivity contribution is -0.145. The molecule has 0 aliphatic rings. The van der Waals surface area contributed by atoms with Crippen LogP contribution in [-0.4, -0.2) is 45.3 Å². The normalized spacial score (nSPS) is 13.6. The van der Waals surface area contributed by atoms with Gasteiger partial charge in [-0.2, -0.15) is 26.3 Å². The molecule has 0 fully saturated rings. The van der Waals surface area contributed by atoms with E-state index in [-0.39, 0.29) is 46.8 Å². The molecule has 47 heavy (non-hydrogen) atoms. The third kappa shape index (κ3) is 9.47. The van der Waals surface area contributed by atoms with E-state index in [1.165, 1.54) is 12.1 Å². The maximum Gasteiger partial charge on any atom is 0.451 e. The van der Waals surface area contributed by atoms with Crippen LogP contribution in [0.3, 0.4) is 0 Å². The van der Waals surface area contributed by atoms with E-state index in [1.54, 1.807) is 13.8 Å². The molecule has 0 radical (unpaired) electrons. The second kappa shape index (κ2) is 14.0. The van der Waals surface area contributed by atoms with Gasteiger partial charge in [0.05, 0.1) is 16.3 Å². The number of amides is 1. The van der Waals surface area contributed by atoms with E-state index in [1.807, 2.05) is 0 Å². The summed E-state index contributed by atoms with van der Waals surface area (Å²) >= 11 is 0. The van der Waals surface area contributed by atoms with Gasteiger partial charge in [0.15, 0.2) is 0 Å². The van der Waals surface area contributed by atoms with Crippen molar-refractivity contribution in [2.45, 2.75) is 56.5 Å². The Kier molecular flexibility index (Phi) is 10.5. The van der Waals surface area contributed by atoms with Crippen molar-refractivity contribution < 1.29 is 43.9 Å².